The van der Waals surface area contributed by atoms with Crippen LogP contribution in [-0.4, -0.2) is 17.6 Å². The molecule has 0 aliphatic rings. The van der Waals surface area contributed by atoms with Crippen molar-refractivity contribution in [1.29, 1.82) is 0 Å². The first kappa shape index (κ1) is 19.2. The largest absolute Gasteiger partial charge is 0.433 e. The van der Waals surface area contributed by atoms with Crippen LogP contribution in [0.4, 0.5) is 14.5 Å². The van der Waals surface area contributed by atoms with E-state index in [4.69, 9.17) is 12.2 Å². The predicted octanol–water partition coefficient (Wildman–Crippen LogP) is 5.33. The third-order valence-corrected chi connectivity index (χ3v) is 4.59. The van der Waals surface area contributed by atoms with E-state index in [1.807, 2.05) is 24.3 Å². The van der Waals surface area contributed by atoms with Crippen molar-refractivity contribution in [3.05, 3.63) is 70.7 Å². The van der Waals surface area contributed by atoms with Crippen LogP contribution in [0.2, 0.25) is 0 Å². The Kier molecular flexibility index (Phi) is 5.98. The number of amides is 1. The van der Waals surface area contributed by atoms with Gasteiger partial charge in [0.1, 0.15) is 5.75 Å². The van der Waals surface area contributed by atoms with Crippen LogP contribution in [0.1, 0.15) is 10.4 Å². The summed E-state index contributed by atoms with van der Waals surface area (Å²) in [4.78, 5) is 12.6. The van der Waals surface area contributed by atoms with Crippen LogP contribution < -0.4 is 15.4 Å². The highest BCUT2D eigenvalue weighted by molar-refractivity contribution is 9.10. The summed E-state index contributed by atoms with van der Waals surface area (Å²) in [5.74, 6) is -0.485. The number of alkyl halides is 2. The topological polar surface area (TPSA) is 50.4 Å². The highest BCUT2D eigenvalue weighted by Crippen LogP contribution is 2.27. The SMILES string of the molecule is O=C(NC(=S)Nc1ccccc1OC(F)F)c1cccc2c(Br)cccc12. The second-order valence-corrected chi connectivity index (χ2v) is 6.69. The fraction of sp³-hybridized carbons (Fsp3) is 0.0526. The number of rotatable bonds is 4. The summed E-state index contributed by atoms with van der Waals surface area (Å²) in [7, 11) is 0. The zero-order chi connectivity index (χ0) is 19.4. The fourth-order valence-electron chi connectivity index (χ4n) is 2.56. The van der Waals surface area contributed by atoms with Crippen molar-refractivity contribution in [2.75, 3.05) is 5.32 Å². The van der Waals surface area contributed by atoms with Gasteiger partial charge in [-0.1, -0.05) is 52.3 Å². The summed E-state index contributed by atoms with van der Waals surface area (Å²) in [6.45, 7) is -2.97. The van der Waals surface area contributed by atoms with Crippen LogP contribution in [0.5, 0.6) is 5.75 Å². The molecule has 8 heteroatoms. The van der Waals surface area contributed by atoms with E-state index >= 15 is 0 Å². The molecule has 0 saturated heterocycles. The molecule has 1 amide bonds. The molecule has 0 radical (unpaired) electrons. The van der Waals surface area contributed by atoms with E-state index in [0.717, 1.165) is 15.2 Å². The molecule has 27 heavy (non-hydrogen) atoms. The Labute approximate surface area is 167 Å². The van der Waals surface area contributed by atoms with Crippen molar-refractivity contribution in [1.82, 2.24) is 5.32 Å². The number of carbonyl (C=O) groups excluding carboxylic acids is 1. The monoisotopic (exact) mass is 450 g/mol. The first-order valence-corrected chi connectivity index (χ1v) is 8.99. The van der Waals surface area contributed by atoms with Crippen molar-refractivity contribution in [3.63, 3.8) is 0 Å². The van der Waals surface area contributed by atoms with E-state index < -0.39 is 12.5 Å². The van der Waals surface area contributed by atoms with Crippen LogP contribution in [0.15, 0.2) is 65.1 Å². The third kappa shape index (κ3) is 4.58. The Morgan fingerprint density at radius 2 is 1.70 bits per heavy atom. The Morgan fingerprint density at radius 1 is 1.00 bits per heavy atom. The van der Waals surface area contributed by atoms with Crippen LogP contribution >= 0.6 is 28.1 Å². The van der Waals surface area contributed by atoms with E-state index in [2.05, 4.69) is 31.3 Å². The number of anilines is 1. The molecule has 0 bridgehead atoms. The molecule has 0 heterocycles. The van der Waals surface area contributed by atoms with Crippen molar-refractivity contribution in [3.8, 4) is 5.75 Å². The summed E-state index contributed by atoms with van der Waals surface area (Å²) < 4.78 is 30.3. The van der Waals surface area contributed by atoms with Gasteiger partial charge in [0.05, 0.1) is 5.69 Å². The Balaban J connectivity index is 1.78. The molecule has 0 aliphatic heterocycles. The average molecular weight is 451 g/mol. The van der Waals surface area contributed by atoms with Crippen LogP contribution in [-0.2, 0) is 0 Å². The Morgan fingerprint density at radius 3 is 2.48 bits per heavy atom. The lowest BCUT2D eigenvalue weighted by Crippen LogP contribution is -2.34. The number of para-hydroxylation sites is 2. The molecular formula is C19H13BrF2N2O2S. The molecule has 3 rings (SSSR count). The minimum absolute atomic E-state index is 0.0303. The fourth-order valence-corrected chi connectivity index (χ4v) is 3.26. The Bertz CT molecular complexity index is 1010. The van der Waals surface area contributed by atoms with Crippen molar-refractivity contribution in [2.24, 2.45) is 0 Å². The molecule has 0 aromatic heterocycles. The van der Waals surface area contributed by atoms with Gasteiger partial charge in [-0.3, -0.25) is 10.1 Å². The number of benzene rings is 3. The van der Waals surface area contributed by atoms with Gasteiger partial charge in [0.2, 0.25) is 0 Å². The standard InChI is InChI=1S/C19H13BrF2N2O2S/c20-14-8-4-5-11-12(14)6-3-7-13(11)17(25)24-19(27)23-15-9-1-2-10-16(15)26-18(21)22/h1-10,18H,(H2,23,24,25,27). The summed E-state index contributed by atoms with van der Waals surface area (Å²) in [5.41, 5.74) is 0.666. The molecular weight excluding hydrogens is 438 g/mol. The number of nitrogens with one attached hydrogen (secondary N) is 2. The number of thiocarbonyl (C=S) groups is 1. The minimum Gasteiger partial charge on any atom is -0.433 e. The molecule has 4 nitrogen and oxygen atoms in total. The molecule has 0 aliphatic carbocycles. The van der Waals surface area contributed by atoms with Gasteiger partial charge in [-0.05, 0) is 47.3 Å². The maximum atomic E-state index is 12.6. The van der Waals surface area contributed by atoms with E-state index in [1.54, 1.807) is 24.3 Å². The van der Waals surface area contributed by atoms with Gasteiger partial charge in [-0.25, -0.2) is 0 Å². The van der Waals surface area contributed by atoms with Gasteiger partial charge in [-0.2, -0.15) is 8.78 Å². The van der Waals surface area contributed by atoms with Gasteiger partial charge in [0.15, 0.2) is 5.11 Å². The molecule has 3 aromatic rings. The van der Waals surface area contributed by atoms with Crippen LogP contribution in [0, 0.1) is 0 Å². The minimum atomic E-state index is -2.97. The highest BCUT2D eigenvalue weighted by Gasteiger charge is 2.14. The maximum Gasteiger partial charge on any atom is 0.387 e. The van der Waals surface area contributed by atoms with Gasteiger partial charge >= 0.3 is 6.61 Å². The summed E-state index contributed by atoms with van der Waals surface area (Å²) in [6.07, 6.45) is 0. The lowest BCUT2D eigenvalue weighted by molar-refractivity contribution is -0.0493. The lowest BCUT2D eigenvalue weighted by atomic mass is 10.0. The molecule has 138 valence electrons. The number of fused-ring (bicyclic) bond motifs is 1. The number of ether oxygens (including phenoxy) is 1. The zero-order valence-corrected chi connectivity index (χ0v) is 16.1. The molecule has 0 saturated carbocycles. The van der Waals surface area contributed by atoms with E-state index in [1.165, 1.54) is 12.1 Å². The summed E-state index contributed by atoms with van der Waals surface area (Å²) in [6, 6.07) is 17.0. The first-order chi connectivity index (χ1) is 13.0. The van der Waals surface area contributed by atoms with Gasteiger partial charge in [-0.15, -0.1) is 0 Å². The second-order valence-electron chi connectivity index (χ2n) is 5.42. The van der Waals surface area contributed by atoms with Crippen molar-refractivity contribution in [2.45, 2.75) is 6.61 Å². The highest BCUT2D eigenvalue weighted by atomic mass is 79.9. The summed E-state index contributed by atoms with van der Waals surface area (Å²) in [5, 5.41) is 6.88. The van der Waals surface area contributed by atoms with Crippen LogP contribution in [0.25, 0.3) is 10.8 Å². The molecule has 0 fully saturated rings. The second kappa shape index (κ2) is 8.41. The van der Waals surface area contributed by atoms with Gasteiger partial charge in [0, 0.05) is 10.0 Å². The number of hydrogen-bond donors (Lipinski definition) is 2. The van der Waals surface area contributed by atoms with Crippen molar-refractivity contribution < 1.29 is 18.3 Å². The lowest BCUT2D eigenvalue weighted by Gasteiger charge is -2.14. The van der Waals surface area contributed by atoms with Crippen molar-refractivity contribution >= 4 is 55.6 Å². The molecule has 0 unspecified atom stereocenters. The Hall–Kier alpha value is -2.58. The quantitative estimate of drug-likeness (QED) is 0.527. The molecule has 2 N–H and O–H groups in total. The summed E-state index contributed by atoms with van der Waals surface area (Å²) >= 11 is 8.60. The van der Waals surface area contributed by atoms with E-state index in [9.17, 15) is 13.6 Å². The molecule has 0 spiro atoms. The van der Waals surface area contributed by atoms with E-state index in [0.29, 0.717) is 5.56 Å². The number of hydrogen-bond acceptors (Lipinski definition) is 3. The zero-order valence-electron chi connectivity index (χ0n) is 13.7. The van der Waals surface area contributed by atoms with Gasteiger partial charge < -0.3 is 10.1 Å². The van der Waals surface area contributed by atoms with Gasteiger partial charge in [0.25, 0.3) is 5.91 Å². The number of carbonyl (C=O) groups is 1. The third-order valence-electron chi connectivity index (χ3n) is 3.69. The molecule has 0 atom stereocenters. The normalized spacial score (nSPS) is 10.7. The predicted molar refractivity (Wildman–Crippen MR) is 108 cm³/mol. The first-order valence-electron chi connectivity index (χ1n) is 7.79. The number of halogens is 3. The molecule has 3 aromatic carbocycles. The van der Waals surface area contributed by atoms with E-state index in [-0.39, 0.29) is 16.5 Å². The smallest absolute Gasteiger partial charge is 0.387 e. The van der Waals surface area contributed by atoms with Crippen LogP contribution in [0.3, 0.4) is 0 Å². The maximum absolute atomic E-state index is 12.6. The average Bonchev–Trinajstić information content (AvgIpc) is 2.63.